The standard InChI is InChI=1S/C22H32N2O4/c1-17(2)14-19-15-27-13-12-24(19)22(26)18-6-8-20(9-7-18)28-16-21(25)23-10-4-3-5-11-23/h6-9,17,19H,3-5,10-16H2,1-2H3/t19-/m1/s1. The first-order chi connectivity index (χ1) is 13.5. The Kier molecular flexibility index (Phi) is 7.31. The zero-order valence-electron chi connectivity index (χ0n) is 17.1. The maximum Gasteiger partial charge on any atom is 0.260 e. The van der Waals surface area contributed by atoms with E-state index in [1.807, 2.05) is 9.80 Å². The molecule has 1 atom stereocenters. The topological polar surface area (TPSA) is 59.1 Å². The summed E-state index contributed by atoms with van der Waals surface area (Å²) in [5, 5.41) is 0. The Labute approximate surface area is 167 Å². The van der Waals surface area contributed by atoms with E-state index in [1.54, 1.807) is 24.3 Å². The van der Waals surface area contributed by atoms with Gasteiger partial charge in [0.05, 0.1) is 19.3 Å². The van der Waals surface area contributed by atoms with Crippen molar-refractivity contribution >= 4 is 11.8 Å². The molecule has 2 heterocycles. The second-order valence-corrected chi connectivity index (χ2v) is 8.11. The monoisotopic (exact) mass is 388 g/mol. The number of rotatable bonds is 6. The maximum absolute atomic E-state index is 12.9. The Bertz CT molecular complexity index is 653. The highest BCUT2D eigenvalue weighted by Crippen LogP contribution is 2.20. The van der Waals surface area contributed by atoms with Crippen molar-refractivity contribution in [2.24, 2.45) is 5.92 Å². The van der Waals surface area contributed by atoms with E-state index >= 15 is 0 Å². The van der Waals surface area contributed by atoms with Crippen LogP contribution in [-0.2, 0) is 9.53 Å². The molecule has 1 aromatic carbocycles. The van der Waals surface area contributed by atoms with Crippen LogP contribution < -0.4 is 4.74 Å². The molecule has 0 bridgehead atoms. The molecule has 2 fully saturated rings. The lowest BCUT2D eigenvalue weighted by Crippen LogP contribution is -2.49. The third-order valence-electron chi connectivity index (χ3n) is 5.40. The van der Waals surface area contributed by atoms with E-state index in [0.29, 0.717) is 37.0 Å². The summed E-state index contributed by atoms with van der Waals surface area (Å²) < 4.78 is 11.2. The van der Waals surface area contributed by atoms with Crippen molar-refractivity contribution in [3.05, 3.63) is 29.8 Å². The average Bonchev–Trinajstić information content (AvgIpc) is 2.72. The smallest absolute Gasteiger partial charge is 0.260 e. The van der Waals surface area contributed by atoms with Crippen molar-refractivity contribution < 1.29 is 19.1 Å². The highest BCUT2D eigenvalue weighted by atomic mass is 16.5. The van der Waals surface area contributed by atoms with Crippen molar-refractivity contribution in [3.8, 4) is 5.75 Å². The first-order valence-electron chi connectivity index (χ1n) is 10.4. The molecule has 0 N–H and O–H groups in total. The van der Waals surface area contributed by atoms with Crippen LogP contribution >= 0.6 is 0 Å². The summed E-state index contributed by atoms with van der Waals surface area (Å²) in [7, 11) is 0. The molecule has 0 spiro atoms. The van der Waals surface area contributed by atoms with Crippen LogP contribution in [0.4, 0.5) is 0 Å². The highest BCUT2D eigenvalue weighted by Gasteiger charge is 2.28. The molecule has 0 saturated carbocycles. The van der Waals surface area contributed by atoms with Gasteiger partial charge >= 0.3 is 0 Å². The number of ether oxygens (including phenoxy) is 2. The Morgan fingerprint density at radius 3 is 2.50 bits per heavy atom. The Morgan fingerprint density at radius 1 is 1.11 bits per heavy atom. The lowest BCUT2D eigenvalue weighted by Gasteiger charge is -2.36. The van der Waals surface area contributed by atoms with Crippen LogP contribution in [0, 0.1) is 5.92 Å². The normalized spacial score (nSPS) is 20.3. The van der Waals surface area contributed by atoms with Crippen LogP contribution in [0.5, 0.6) is 5.75 Å². The van der Waals surface area contributed by atoms with Crippen molar-refractivity contribution in [1.29, 1.82) is 0 Å². The number of piperidine rings is 1. The number of carbonyl (C=O) groups excluding carboxylic acids is 2. The zero-order chi connectivity index (χ0) is 19.9. The molecule has 154 valence electrons. The Balaban J connectivity index is 1.55. The molecule has 0 aliphatic carbocycles. The molecule has 1 aromatic rings. The third-order valence-corrected chi connectivity index (χ3v) is 5.40. The molecule has 2 aliphatic rings. The molecule has 0 radical (unpaired) electrons. The van der Waals surface area contributed by atoms with Crippen LogP contribution in [-0.4, -0.2) is 67.1 Å². The molecule has 28 heavy (non-hydrogen) atoms. The minimum atomic E-state index is 0.0321. The summed E-state index contributed by atoms with van der Waals surface area (Å²) in [4.78, 5) is 28.9. The summed E-state index contributed by atoms with van der Waals surface area (Å²) in [6.07, 6.45) is 4.27. The van der Waals surface area contributed by atoms with Gasteiger partial charge in [-0.25, -0.2) is 0 Å². The van der Waals surface area contributed by atoms with E-state index in [1.165, 1.54) is 6.42 Å². The van der Waals surface area contributed by atoms with Gasteiger partial charge in [-0.2, -0.15) is 0 Å². The molecule has 2 saturated heterocycles. The predicted molar refractivity (Wildman–Crippen MR) is 107 cm³/mol. The first-order valence-corrected chi connectivity index (χ1v) is 10.4. The number of amides is 2. The van der Waals surface area contributed by atoms with Crippen LogP contribution in [0.3, 0.4) is 0 Å². The Hall–Kier alpha value is -2.08. The number of likely N-dealkylation sites (tertiary alicyclic amines) is 1. The zero-order valence-corrected chi connectivity index (χ0v) is 17.1. The van der Waals surface area contributed by atoms with Gasteiger partial charge in [0.2, 0.25) is 0 Å². The minimum absolute atomic E-state index is 0.0321. The molecular formula is C22H32N2O4. The van der Waals surface area contributed by atoms with Gasteiger partial charge in [0.15, 0.2) is 6.61 Å². The van der Waals surface area contributed by atoms with E-state index in [9.17, 15) is 9.59 Å². The fourth-order valence-corrected chi connectivity index (χ4v) is 3.90. The summed E-state index contributed by atoms with van der Waals surface area (Å²) in [6.45, 7) is 7.83. The second-order valence-electron chi connectivity index (χ2n) is 8.11. The van der Waals surface area contributed by atoms with Gasteiger partial charge in [-0.3, -0.25) is 9.59 Å². The van der Waals surface area contributed by atoms with Crippen molar-refractivity contribution in [1.82, 2.24) is 9.80 Å². The van der Waals surface area contributed by atoms with Gasteiger partial charge in [-0.15, -0.1) is 0 Å². The Morgan fingerprint density at radius 2 is 1.82 bits per heavy atom. The number of hydrogen-bond acceptors (Lipinski definition) is 4. The fraction of sp³-hybridized carbons (Fsp3) is 0.636. The van der Waals surface area contributed by atoms with Crippen molar-refractivity contribution in [3.63, 3.8) is 0 Å². The molecule has 2 amide bonds. The largest absolute Gasteiger partial charge is 0.484 e. The molecule has 2 aliphatic heterocycles. The number of benzene rings is 1. The van der Waals surface area contributed by atoms with Gasteiger partial charge < -0.3 is 19.3 Å². The number of nitrogens with zero attached hydrogens (tertiary/aromatic N) is 2. The molecule has 0 aromatic heterocycles. The fourth-order valence-electron chi connectivity index (χ4n) is 3.90. The van der Waals surface area contributed by atoms with E-state index in [2.05, 4.69) is 13.8 Å². The third kappa shape index (κ3) is 5.47. The second kappa shape index (κ2) is 9.92. The highest BCUT2D eigenvalue weighted by molar-refractivity contribution is 5.94. The number of carbonyl (C=O) groups is 2. The quantitative estimate of drug-likeness (QED) is 0.752. The van der Waals surface area contributed by atoms with Crippen LogP contribution in [0.25, 0.3) is 0 Å². The molecule has 6 heteroatoms. The van der Waals surface area contributed by atoms with Crippen LogP contribution in [0.1, 0.15) is 49.9 Å². The van der Waals surface area contributed by atoms with Crippen molar-refractivity contribution in [2.75, 3.05) is 39.5 Å². The van der Waals surface area contributed by atoms with Gasteiger partial charge in [0.1, 0.15) is 5.75 Å². The van der Waals surface area contributed by atoms with E-state index in [-0.39, 0.29) is 24.5 Å². The maximum atomic E-state index is 12.9. The van der Waals surface area contributed by atoms with Gasteiger partial charge in [-0.1, -0.05) is 13.8 Å². The van der Waals surface area contributed by atoms with E-state index in [4.69, 9.17) is 9.47 Å². The van der Waals surface area contributed by atoms with Gasteiger partial charge in [0, 0.05) is 25.2 Å². The first kappa shape index (κ1) is 20.6. The number of hydrogen-bond donors (Lipinski definition) is 0. The summed E-state index contributed by atoms with van der Waals surface area (Å²) in [5.41, 5.74) is 0.644. The molecule has 3 rings (SSSR count). The van der Waals surface area contributed by atoms with Gasteiger partial charge in [-0.05, 0) is 55.9 Å². The van der Waals surface area contributed by atoms with Crippen LogP contribution in [0.2, 0.25) is 0 Å². The molecule has 6 nitrogen and oxygen atoms in total. The van der Waals surface area contributed by atoms with Crippen molar-refractivity contribution in [2.45, 2.75) is 45.6 Å². The average molecular weight is 389 g/mol. The summed E-state index contributed by atoms with van der Waals surface area (Å²) in [6, 6.07) is 7.23. The van der Waals surface area contributed by atoms with E-state index < -0.39 is 0 Å². The number of morpholine rings is 1. The summed E-state index contributed by atoms with van der Waals surface area (Å²) in [5.74, 6) is 1.19. The van der Waals surface area contributed by atoms with Crippen LogP contribution in [0.15, 0.2) is 24.3 Å². The lowest BCUT2D eigenvalue weighted by molar-refractivity contribution is -0.134. The predicted octanol–water partition coefficient (Wildman–Crippen LogP) is 2.97. The van der Waals surface area contributed by atoms with Gasteiger partial charge in [0.25, 0.3) is 11.8 Å². The van der Waals surface area contributed by atoms with E-state index in [0.717, 1.165) is 32.4 Å². The molecular weight excluding hydrogens is 356 g/mol. The minimum Gasteiger partial charge on any atom is -0.484 e. The lowest BCUT2D eigenvalue weighted by atomic mass is 10.0. The SMILES string of the molecule is CC(C)C[C@@H]1COCCN1C(=O)c1ccc(OCC(=O)N2CCCCC2)cc1. The summed E-state index contributed by atoms with van der Waals surface area (Å²) >= 11 is 0. The molecule has 0 unspecified atom stereocenters.